The molecule has 0 atom stereocenters. The molecule has 0 N–H and O–H groups in total. The summed E-state index contributed by atoms with van der Waals surface area (Å²) in [5.41, 5.74) is 0.547. The summed E-state index contributed by atoms with van der Waals surface area (Å²) in [5.74, 6) is -1.89. The highest BCUT2D eigenvalue weighted by atomic mass is 32.2. The van der Waals surface area contributed by atoms with E-state index in [0.717, 1.165) is 24.2 Å². The molecule has 4 rings (SSSR count). The van der Waals surface area contributed by atoms with Crippen molar-refractivity contribution in [1.29, 1.82) is 0 Å². The molecule has 2 aliphatic heterocycles. The molecule has 2 aliphatic rings. The third kappa shape index (κ3) is 3.61. The molecule has 0 aliphatic carbocycles. The molecule has 8 nitrogen and oxygen atoms in total. The van der Waals surface area contributed by atoms with Gasteiger partial charge in [0, 0.05) is 13.1 Å². The minimum Gasteiger partial charge on any atom is -0.440 e. The SMILES string of the molecule is O=C(OCN1C(=O)c2ccccc2C1=O)c1cccc(S(=O)(=O)N2CCCCC2)c1. The molecule has 1 fully saturated rings. The highest BCUT2D eigenvalue weighted by molar-refractivity contribution is 7.89. The Balaban J connectivity index is 1.47. The van der Waals surface area contributed by atoms with Crippen molar-refractivity contribution >= 4 is 27.8 Å². The van der Waals surface area contributed by atoms with Gasteiger partial charge in [-0.2, -0.15) is 4.31 Å². The molecule has 2 amide bonds. The van der Waals surface area contributed by atoms with Gasteiger partial charge in [-0.3, -0.25) is 9.59 Å². The van der Waals surface area contributed by atoms with E-state index in [0.29, 0.717) is 13.1 Å². The predicted octanol–water partition coefficient (Wildman–Crippen LogP) is 2.27. The summed E-state index contributed by atoms with van der Waals surface area (Å²) in [7, 11) is -3.70. The van der Waals surface area contributed by atoms with E-state index < -0.39 is 34.5 Å². The molecule has 2 aromatic rings. The molecule has 156 valence electrons. The summed E-state index contributed by atoms with van der Waals surface area (Å²) in [5, 5.41) is 0. The summed E-state index contributed by atoms with van der Waals surface area (Å²) in [6, 6.07) is 12.0. The minimum absolute atomic E-state index is 0.0135. The van der Waals surface area contributed by atoms with Crippen molar-refractivity contribution in [3.63, 3.8) is 0 Å². The maximum Gasteiger partial charge on any atom is 0.339 e. The number of hydrogen-bond donors (Lipinski definition) is 0. The molecule has 9 heteroatoms. The van der Waals surface area contributed by atoms with Gasteiger partial charge in [0.15, 0.2) is 6.73 Å². The standard InChI is InChI=1S/C21H20N2O6S/c24-19-17-9-2-3-10-18(17)20(25)23(19)14-29-21(26)15-7-6-8-16(13-15)30(27,28)22-11-4-1-5-12-22/h2-3,6-10,13H,1,4-5,11-12,14H2. The van der Waals surface area contributed by atoms with Crippen molar-refractivity contribution < 1.29 is 27.5 Å². The monoisotopic (exact) mass is 428 g/mol. The van der Waals surface area contributed by atoms with E-state index in [1.54, 1.807) is 12.1 Å². The molecular formula is C21H20N2O6S. The van der Waals surface area contributed by atoms with Crippen molar-refractivity contribution in [2.24, 2.45) is 0 Å². The van der Waals surface area contributed by atoms with Gasteiger partial charge in [-0.25, -0.2) is 18.1 Å². The Labute approximate surface area is 174 Å². The number of carbonyl (C=O) groups excluding carboxylic acids is 3. The van der Waals surface area contributed by atoms with Gasteiger partial charge in [0.05, 0.1) is 21.6 Å². The van der Waals surface area contributed by atoms with Crippen LogP contribution in [0.4, 0.5) is 0 Å². The maximum absolute atomic E-state index is 12.8. The second-order valence-electron chi connectivity index (χ2n) is 7.14. The van der Waals surface area contributed by atoms with Gasteiger partial charge in [-0.05, 0) is 43.2 Å². The molecule has 1 saturated heterocycles. The molecule has 0 spiro atoms. The quantitative estimate of drug-likeness (QED) is 0.535. The Kier molecular flexibility index (Phi) is 5.40. The highest BCUT2D eigenvalue weighted by Gasteiger charge is 2.36. The summed E-state index contributed by atoms with van der Waals surface area (Å²) < 4.78 is 32.2. The van der Waals surface area contributed by atoms with Gasteiger partial charge in [-0.1, -0.05) is 24.6 Å². The van der Waals surface area contributed by atoms with Crippen molar-refractivity contribution in [2.45, 2.75) is 24.2 Å². The fourth-order valence-electron chi connectivity index (χ4n) is 3.60. The lowest BCUT2D eigenvalue weighted by molar-refractivity contribution is 0.0228. The zero-order valence-corrected chi connectivity index (χ0v) is 16.9. The predicted molar refractivity (Wildman–Crippen MR) is 106 cm³/mol. The molecule has 0 radical (unpaired) electrons. The highest BCUT2D eigenvalue weighted by Crippen LogP contribution is 2.24. The molecule has 2 aromatic carbocycles. The van der Waals surface area contributed by atoms with Crippen molar-refractivity contribution in [3.05, 3.63) is 65.2 Å². The fraction of sp³-hybridized carbons (Fsp3) is 0.286. The molecule has 2 heterocycles. The van der Waals surface area contributed by atoms with E-state index in [9.17, 15) is 22.8 Å². The fourth-order valence-corrected chi connectivity index (χ4v) is 5.16. The minimum atomic E-state index is -3.70. The van der Waals surface area contributed by atoms with Gasteiger partial charge < -0.3 is 4.74 Å². The summed E-state index contributed by atoms with van der Waals surface area (Å²) in [4.78, 5) is 38.0. The Morgan fingerprint density at radius 3 is 2.17 bits per heavy atom. The number of esters is 1. The number of sulfonamides is 1. The number of benzene rings is 2. The van der Waals surface area contributed by atoms with Crippen LogP contribution in [0.25, 0.3) is 0 Å². The van der Waals surface area contributed by atoms with Crippen molar-refractivity contribution in [2.75, 3.05) is 19.8 Å². The van der Waals surface area contributed by atoms with Gasteiger partial charge in [0.2, 0.25) is 10.0 Å². The molecule has 0 unspecified atom stereocenters. The van der Waals surface area contributed by atoms with E-state index in [-0.39, 0.29) is 21.6 Å². The third-order valence-electron chi connectivity index (χ3n) is 5.23. The number of imide groups is 1. The lowest BCUT2D eigenvalue weighted by Gasteiger charge is -2.26. The van der Waals surface area contributed by atoms with E-state index in [1.807, 2.05) is 0 Å². The van der Waals surface area contributed by atoms with Crippen LogP contribution in [0.3, 0.4) is 0 Å². The number of fused-ring (bicyclic) bond motifs is 1. The lowest BCUT2D eigenvalue weighted by atomic mass is 10.1. The summed E-state index contributed by atoms with van der Waals surface area (Å²) >= 11 is 0. The molecule has 0 saturated carbocycles. The number of rotatable bonds is 5. The first-order chi connectivity index (χ1) is 14.4. The van der Waals surface area contributed by atoms with Crippen LogP contribution in [-0.2, 0) is 14.8 Å². The molecular weight excluding hydrogens is 408 g/mol. The molecule has 0 aromatic heterocycles. The zero-order valence-electron chi connectivity index (χ0n) is 16.1. The van der Waals surface area contributed by atoms with Gasteiger partial charge >= 0.3 is 5.97 Å². The smallest absolute Gasteiger partial charge is 0.339 e. The first kappa shape index (κ1) is 20.2. The van der Waals surface area contributed by atoms with Gasteiger partial charge in [0.1, 0.15) is 0 Å². The number of hydrogen-bond acceptors (Lipinski definition) is 6. The molecule has 0 bridgehead atoms. The Morgan fingerprint density at radius 1 is 0.900 bits per heavy atom. The van der Waals surface area contributed by atoms with E-state index >= 15 is 0 Å². The van der Waals surface area contributed by atoms with Crippen molar-refractivity contribution in [3.8, 4) is 0 Å². The van der Waals surface area contributed by atoms with Crippen LogP contribution in [0.2, 0.25) is 0 Å². The topological polar surface area (TPSA) is 101 Å². The summed E-state index contributed by atoms with van der Waals surface area (Å²) in [6.07, 6.45) is 2.61. The van der Waals surface area contributed by atoms with Crippen LogP contribution in [0.15, 0.2) is 53.4 Å². The molecule has 30 heavy (non-hydrogen) atoms. The maximum atomic E-state index is 12.8. The average molecular weight is 428 g/mol. The van der Waals surface area contributed by atoms with E-state index in [4.69, 9.17) is 4.74 Å². The van der Waals surface area contributed by atoms with Crippen LogP contribution >= 0.6 is 0 Å². The zero-order chi connectivity index (χ0) is 21.3. The Bertz CT molecular complexity index is 1090. The van der Waals surface area contributed by atoms with Crippen LogP contribution < -0.4 is 0 Å². The number of piperidine rings is 1. The van der Waals surface area contributed by atoms with E-state index in [2.05, 4.69) is 0 Å². The number of nitrogens with zero attached hydrogens (tertiary/aromatic N) is 2. The lowest BCUT2D eigenvalue weighted by Crippen LogP contribution is -2.35. The van der Waals surface area contributed by atoms with Crippen molar-refractivity contribution in [1.82, 2.24) is 9.21 Å². The largest absolute Gasteiger partial charge is 0.440 e. The Hall–Kier alpha value is -3.04. The Morgan fingerprint density at radius 2 is 1.53 bits per heavy atom. The number of ether oxygens (including phenoxy) is 1. The second-order valence-corrected chi connectivity index (χ2v) is 9.08. The number of amides is 2. The van der Waals surface area contributed by atoms with E-state index in [1.165, 1.54) is 40.7 Å². The van der Waals surface area contributed by atoms with Crippen LogP contribution in [-0.4, -0.2) is 55.2 Å². The van der Waals surface area contributed by atoms with Crippen LogP contribution in [0.5, 0.6) is 0 Å². The third-order valence-corrected chi connectivity index (χ3v) is 7.12. The van der Waals surface area contributed by atoms with Crippen LogP contribution in [0.1, 0.15) is 50.3 Å². The summed E-state index contributed by atoms with van der Waals surface area (Å²) in [6.45, 7) is 0.363. The average Bonchev–Trinajstić information content (AvgIpc) is 3.03. The first-order valence-corrected chi connectivity index (χ1v) is 11.1. The normalized spacial score (nSPS) is 17.1. The van der Waals surface area contributed by atoms with Gasteiger partial charge in [0.25, 0.3) is 11.8 Å². The van der Waals surface area contributed by atoms with Gasteiger partial charge in [-0.15, -0.1) is 0 Å². The van der Waals surface area contributed by atoms with Crippen LogP contribution in [0, 0.1) is 0 Å². The number of carbonyl (C=O) groups is 3. The first-order valence-electron chi connectivity index (χ1n) is 9.62. The second kappa shape index (κ2) is 8.00.